The molecule has 0 N–H and O–H groups in total. The summed E-state index contributed by atoms with van der Waals surface area (Å²) in [6, 6.07) is 21.1. The molecule has 3 aromatic rings. The minimum absolute atomic E-state index is 0.0108. The van der Waals surface area contributed by atoms with Crippen molar-refractivity contribution in [2.45, 2.75) is 11.4 Å². The first-order valence-electron chi connectivity index (χ1n) is 9.42. The van der Waals surface area contributed by atoms with Crippen LogP contribution in [0.4, 0.5) is 4.79 Å². The first kappa shape index (κ1) is 22.1. The van der Waals surface area contributed by atoms with Gasteiger partial charge in [0.25, 0.3) is 11.1 Å². The second-order valence-electron chi connectivity index (χ2n) is 6.79. The van der Waals surface area contributed by atoms with Crippen LogP contribution in [0, 0.1) is 0 Å². The van der Waals surface area contributed by atoms with Crippen molar-refractivity contribution in [1.82, 2.24) is 4.90 Å². The molecule has 0 aliphatic carbocycles. The lowest BCUT2D eigenvalue weighted by Crippen LogP contribution is -2.27. The molecule has 1 fully saturated rings. The number of imide groups is 1. The Morgan fingerprint density at radius 2 is 1.66 bits per heavy atom. The van der Waals surface area contributed by atoms with Crippen LogP contribution in [0.2, 0.25) is 5.02 Å². The second kappa shape index (κ2) is 9.20. The molecule has 4 rings (SSSR count). The number of amides is 2. The number of hydrogen-bond acceptors (Lipinski definition) is 6. The summed E-state index contributed by atoms with van der Waals surface area (Å²) in [5.74, 6) is -0.418. The fourth-order valence-corrected chi connectivity index (χ4v) is 5.04. The topological polar surface area (TPSA) is 80.8 Å². The van der Waals surface area contributed by atoms with Gasteiger partial charge in [-0.25, -0.2) is 0 Å². The molecule has 9 heteroatoms. The van der Waals surface area contributed by atoms with Crippen molar-refractivity contribution in [1.29, 1.82) is 0 Å². The van der Waals surface area contributed by atoms with E-state index in [1.165, 1.54) is 24.3 Å². The molecule has 1 aliphatic rings. The van der Waals surface area contributed by atoms with Crippen molar-refractivity contribution in [3.8, 4) is 5.75 Å². The number of para-hydroxylation sites is 1. The number of carbonyl (C=O) groups excluding carboxylic acids is 2. The quantitative estimate of drug-likeness (QED) is 0.346. The lowest BCUT2D eigenvalue weighted by Gasteiger charge is -2.12. The zero-order valence-electron chi connectivity index (χ0n) is 16.5. The molecule has 0 spiro atoms. The standard InChI is InChI=1S/C23H16ClNO5S2/c24-18-9-6-7-16(13-18)15-25-22(26)21(31-23(25)27)14-17-8-4-5-12-20(17)30-32(28,29)19-10-2-1-3-11-19/h1-14H,15H2/b21-14-. The molecule has 1 saturated heterocycles. The summed E-state index contributed by atoms with van der Waals surface area (Å²) in [6.07, 6.45) is 1.46. The van der Waals surface area contributed by atoms with Gasteiger partial charge in [0.05, 0.1) is 11.4 Å². The molecule has 2 amide bonds. The van der Waals surface area contributed by atoms with Gasteiger partial charge in [-0.1, -0.05) is 60.1 Å². The van der Waals surface area contributed by atoms with Crippen molar-refractivity contribution in [2.24, 2.45) is 0 Å². The van der Waals surface area contributed by atoms with Crippen molar-refractivity contribution in [3.63, 3.8) is 0 Å². The number of rotatable bonds is 6. The van der Waals surface area contributed by atoms with Crippen LogP contribution in [0.15, 0.2) is 88.7 Å². The highest BCUT2D eigenvalue weighted by Crippen LogP contribution is 2.35. The molecule has 1 aliphatic heterocycles. The molecular formula is C23H16ClNO5S2. The number of carbonyl (C=O) groups is 2. The van der Waals surface area contributed by atoms with Crippen LogP contribution >= 0.6 is 23.4 Å². The van der Waals surface area contributed by atoms with Crippen molar-refractivity contribution >= 4 is 50.7 Å². The fraction of sp³-hybridized carbons (Fsp3) is 0.0435. The molecule has 0 saturated carbocycles. The third kappa shape index (κ3) is 4.88. The molecule has 32 heavy (non-hydrogen) atoms. The Hall–Kier alpha value is -3.07. The highest BCUT2D eigenvalue weighted by Gasteiger charge is 2.35. The number of benzene rings is 3. The minimum atomic E-state index is -4.06. The molecule has 6 nitrogen and oxygen atoms in total. The fourth-order valence-electron chi connectivity index (χ4n) is 3.02. The van der Waals surface area contributed by atoms with Crippen LogP contribution in [0.25, 0.3) is 6.08 Å². The number of hydrogen-bond donors (Lipinski definition) is 0. The lowest BCUT2D eigenvalue weighted by atomic mass is 10.2. The zero-order chi connectivity index (χ0) is 22.7. The summed E-state index contributed by atoms with van der Waals surface area (Å²) in [5.41, 5.74) is 1.08. The van der Waals surface area contributed by atoms with E-state index in [0.717, 1.165) is 22.2 Å². The van der Waals surface area contributed by atoms with E-state index in [0.29, 0.717) is 10.6 Å². The first-order valence-corrected chi connectivity index (χ1v) is 12.0. The van der Waals surface area contributed by atoms with Gasteiger partial charge < -0.3 is 4.18 Å². The van der Waals surface area contributed by atoms with Gasteiger partial charge in [0.1, 0.15) is 10.6 Å². The summed E-state index contributed by atoms with van der Waals surface area (Å²) < 4.78 is 30.5. The van der Waals surface area contributed by atoms with Crippen LogP contribution in [-0.2, 0) is 21.5 Å². The summed E-state index contributed by atoms with van der Waals surface area (Å²) in [7, 11) is -4.06. The molecule has 0 aromatic heterocycles. The maximum Gasteiger partial charge on any atom is 0.339 e. The summed E-state index contributed by atoms with van der Waals surface area (Å²) >= 11 is 6.77. The Kier molecular flexibility index (Phi) is 6.36. The Morgan fingerprint density at radius 3 is 2.41 bits per heavy atom. The molecule has 0 atom stereocenters. The molecule has 0 bridgehead atoms. The maximum absolute atomic E-state index is 12.9. The lowest BCUT2D eigenvalue weighted by molar-refractivity contribution is -0.123. The molecule has 1 heterocycles. The molecule has 162 valence electrons. The van der Waals surface area contributed by atoms with Crippen molar-refractivity contribution in [3.05, 3.63) is 99.9 Å². The van der Waals surface area contributed by atoms with Crippen LogP contribution < -0.4 is 4.18 Å². The first-order chi connectivity index (χ1) is 15.3. The monoisotopic (exact) mass is 485 g/mol. The smallest absolute Gasteiger partial charge is 0.339 e. The van der Waals surface area contributed by atoms with Gasteiger partial charge in [0.15, 0.2) is 0 Å². The van der Waals surface area contributed by atoms with E-state index in [2.05, 4.69) is 0 Å². The molecule has 0 radical (unpaired) electrons. The third-order valence-corrected chi connectivity index (χ3v) is 6.93. The molecule has 3 aromatic carbocycles. The van der Waals surface area contributed by atoms with Gasteiger partial charge in [-0.3, -0.25) is 14.5 Å². The minimum Gasteiger partial charge on any atom is -0.378 e. The Balaban J connectivity index is 1.59. The number of halogens is 1. The van der Waals surface area contributed by atoms with Gasteiger partial charge in [0.2, 0.25) is 0 Å². The predicted molar refractivity (Wildman–Crippen MR) is 124 cm³/mol. The van der Waals surface area contributed by atoms with E-state index in [1.807, 2.05) is 0 Å². The van der Waals surface area contributed by atoms with Crippen LogP contribution in [0.5, 0.6) is 5.75 Å². The Labute approximate surface area is 194 Å². The third-order valence-electron chi connectivity index (χ3n) is 4.54. The van der Waals surface area contributed by atoms with Crippen LogP contribution in [0.3, 0.4) is 0 Å². The highest BCUT2D eigenvalue weighted by molar-refractivity contribution is 8.18. The van der Waals surface area contributed by atoms with Crippen LogP contribution in [-0.4, -0.2) is 24.5 Å². The SMILES string of the molecule is O=C1S/C(=C\c2ccccc2OS(=O)(=O)c2ccccc2)C(=O)N1Cc1cccc(Cl)c1. The largest absolute Gasteiger partial charge is 0.378 e. The highest BCUT2D eigenvalue weighted by atomic mass is 35.5. The molecular weight excluding hydrogens is 470 g/mol. The van der Waals surface area contributed by atoms with Gasteiger partial charge in [-0.05, 0) is 53.7 Å². The van der Waals surface area contributed by atoms with E-state index in [9.17, 15) is 18.0 Å². The van der Waals surface area contributed by atoms with E-state index < -0.39 is 21.3 Å². The van der Waals surface area contributed by atoms with E-state index in [4.69, 9.17) is 15.8 Å². The summed E-state index contributed by atoms with van der Waals surface area (Å²) in [4.78, 5) is 26.6. The number of nitrogens with zero attached hydrogens (tertiary/aromatic N) is 1. The second-order valence-corrected chi connectivity index (χ2v) is 9.76. The number of thioether (sulfide) groups is 1. The average Bonchev–Trinajstić information content (AvgIpc) is 3.03. The Morgan fingerprint density at radius 1 is 0.938 bits per heavy atom. The predicted octanol–water partition coefficient (Wildman–Crippen LogP) is 5.34. The van der Waals surface area contributed by atoms with E-state index in [-0.39, 0.29) is 22.1 Å². The van der Waals surface area contributed by atoms with Gasteiger partial charge in [-0.2, -0.15) is 8.42 Å². The van der Waals surface area contributed by atoms with Gasteiger partial charge in [-0.15, -0.1) is 0 Å². The van der Waals surface area contributed by atoms with E-state index in [1.54, 1.807) is 60.7 Å². The summed E-state index contributed by atoms with van der Waals surface area (Å²) in [5, 5.41) is 0.0900. The molecule has 0 unspecified atom stereocenters. The Bertz CT molecular complexity index is 1320. The average molecular weight is 486 g/mol. The van der Waals surface area contributed by atoms with E-state index >= 15 is 0 Å². The van der Waals surface area contributed by atoms with Gasteiger partial charge >= 0.3 is 10.1 Å². The van der Waals surface area contributed by atoms with Crippen LogP contribution in [0.1, 0.15) is 11.1 Å². The van der Waals surface area contributed by atoms with Gasteiger partial charge in [0, 0.05) is 10.6 Å². The van der Waals surface area contributed by atoms with Crippen molar-refractivity contribution < 1.29 is 22.2 Å². The zero-order valence-corrected chi connectivity index (χ0v) is 18.9. The maximum atomic E-state index is 12.9. The normalized spacial score (nSPS) is 15.4. The summed E-state index contributed by atoms with van der Waals surface area (Å²) in [6.45, 7) is 0.0864. The van der Waals surface area contributed by atoms with Crippen molar-refractivity contribution in [2.75, 3.05) is 0 Å².